The Balaban J connectivity index is 1.87. The van der Waals surface area contributed by atoms with Gasteiger partial charge in [-0.3, -0.25) is 9.48 Å². The van der Waals surface area contributed by atoms with Crippen LogP contribution in [-0.4, -0.2) is 26.4 Å². The van der Waals surface area contributed by atoms with Gasteiger partial charge in [0.15, 0.2) is 5.60 Å². The first-order chi connectivity index (χ1) is 14.7. The lowest BCUT2D eigenvalue weighted by Crippen LogP contribution is -2.44. The van der Waals surface area contributed by atoms with Crippen molar-refractivity contribution in [2.45, 2.75) is 31.4 Å². The van der Waals surface area contributed by atoms with Crippen molar-refractivity contribution in [1.82, 2.24) is 9.78 Å². The number of aliphatic hydroxyl groups is 1. The molecule has 0 bridgehead atoms. The fourth-order valence-corrected chi connectivity index (χ4v) is 3.06. The van der Waals surface area contributed by atoms with E-state index < -0.39 is 47.1 Å². The molecule has 0 aliphatic rings. The number of fused-ring (bicyclic) bond motifs is 1. The molecule has 168 valence electrons. The van der Waals surface area contributed by atoms with Crippen LogP contribution in [0.5, 0.6) is 0 Å². The van der Waals surface area contributed by atoms with Gasteiger partial charge in [-0.25, -0.2) is 0 Å². The van der Waals surface area contributed by atoms with Gasteiger partial charge < -0.3 is 10.4 Å². The molecule has 0 saturated carbocycles. The third-order valence-corrected chi connectivity index (χ3v) is 4.64. The molecule has 2 aromatic carbocycles. The van der Waals surface area contributed by atoms with Gasteiger partial charge in [-0.1, -0.05) is 6.07 Å². The van der Waals surface area contributed by atoms with Crippen molar-refractivity contribution >= 4 is 22.5 Å². The van der Waals surface area contributed by atoms with Gasteiger partial charge in [0, 0.05) is 11.1 Å². The van der Waals surface area contributed by atoms with Crippen LogP contribution in [0.1, 0.15) is 23.6 Å². The quantitative estimate of drug-likeness (QED) is 0.572. The predicted molar refractivity (Wildman–Crippen MR) is 100 cm³/mol. The molecule has 1 aromatic heterocycles. The van der Waals surface area contributed by atoms with Crippen LogP contribution < -0.4 is 5.32 Å². The van der Waals surface area contributed by atoms with E-state index in [4.69, 9.17) is 5.26 Å². The molecule has 0 unspecified atom stereocenters. The number of rotatable bonds is 4. The maximum Gasteiger partial charge on any atom is 0.417 e. The van der Waals surface area contributed by atoms with Crippen molar-refractivity contribution < 1.29 is 36.2 Å². The summed E-state index contributed by atoms with van der Waals surface area (Å²) in [6, 6.07) is 7.20. The van der Waals surface area contributed by atoms with E-state index in [0.717, 1.165) is 42.1 Å². The van der Waals surface area contributed by atoms with E-state index >= 15 is 0 Å². The Kier molecular flexibility index (Phi) is 5.65. The number of alkyl halides is 6. The predicted octanol–water partition coefficient (Wildman–Crippen LogP) is 4.34. The summed E-state index contributed by atoms with van der Waals surface area (Å²) in [5.74, 6) is -1.12. The van der Waals surface area contributed by atoms with Gasteiger partial charge in [-0.05, 0) is 37.3 Å². The number of halogens is 6. The smallest absolute Gasteiger partial charge is 0.378 e. The lowest BCUT2D eigenvalue weighted by Gasteiger charge is -2.23. The number of nitrogens with one attached hydrogen (secondary N) is 1. The van der Waals surface area contributed by atoms with Crippen LogP contribution in [-0.2, 0) is 23.7 Å². The highest BCUT2D eigenvalue weighted by Gasteiger charge is 2.37. The van der Waals surface area contributed by atoms with Crippen molar-refractivity contribution in [1.29, 1.82) is 5.26 Å². The van der Waals surface area contributed by atoms with E-state index in [2.05, 4.69) is 10.4 Å². The Labute approximate surface area is 176 Å². The molecule has 0 radical (unpaired) electrons. The van der Waals surface area contributed by atoms with Crippen LogP contribution in [0.15, 0.2) is 42.6 Å². The summed E-state index contributed by atoms with van der Waals surface area (Å²) in [5, 5.41) is 25.1. The van der Waals surface area contributed by atoms with E-state index in [1.54, 1.807) is 0 Å². The average molecular weight is 456 g/mol. The third-order valence-electron chi connectivity index (χ3n) is 4.64. The molecular weight excluding hydrogens is 442 g/mol. The molecule has 12 heteroatoms. The zero-order chi connectivity index (χ0) is 23.9. The van der Waals surface area contributed by atoms with Crippen LogP contribution in [0.25, 0.3) is 10.9 Å². The second-order valence-corrected chi connectivity index (χ2v) is 7.14. The molecular formula is C20H14F6N4O2. The van der Waals surface area contributed by atoms with Gasteiger partial charge in [0.05, 0.1) is 41.0 Å². The Hall–Kier alpha value is -3.59. The maximum absolute atomic E-state index is 13.2. The molecule has 3 aromatic rings. The highest BCUT2D eigenvalue weighted by Crippen LogP contribution is 2.35. The number of aromatic nitrogens is 2. The van der Waals surface area contributed by atoms with Gasteiger partial charge in [0.2, 0.25) is 0 Å². The van der Waals surface area contributed by atoms with E-state index in [1.807, 2.05) is 0 Å². The third kappa shape index (κ3) is 4.52. The van der Waals surface area contributed by atoms with Crippen LogP contribution in [0.2, 0.25) is 0 Å². The number of amides is 1. The fraction of sp³-hybridized carbons (Fsp3) is 0.250. The monoisotopic (exact) mass is 456 g/mol. The summed E-state index contributed by atoms with van der Waals surface area (Å²) in [5.41, 5.74) is -5.43. The Bertz CT molecular complexity index is 1220. The topological polar surface area (TPSA) is 90.9 Å². The zero-order valence-corrected chi connectivity index (χ0v) is 16.2. The minimum Gasteiger partial charge on any atom is -0.378 e. The van der Waals surface area contributed by atoms with E-state index in [1.165, 1.54) is 12.1 Å². The molecule has 0 aliphatic carbocycles. The lowest BCUT2D eigenvalue weighted by molar-refractivity contribution is -0.138. The molecule has 32 heavy (non-hydrogen) atoms. The first-order valence-electron chi connectivity index (χ1n) is 8.91. The molecule has 0 aliphatic heterocycles. The van der Waals surface area contributed by atoms with Gasteiger partial charge in [-0.15, -0.1) is 0 Å². The number of nitrogens with zero attached hydrogens (tertiary/aromatic N) is 3. The van der Waals surface area contributed by atoms with Gasteiger partial charge >= 0.3 is 12.4 Å². The molecule has 0 spiro atoms. The van der Waals surface area contributed by atoms with Crippen molar-refractivity contribution in [3.05, 3.63) is 59.3 Å². The van der Waals surface area contributed by atoms with Crippen LogP contribution in [0.4, 0.5) is 32.0 Å². The van der Waals surface area contributed by atoms with E-state index in [9.17, 15) is 36.2 Å². The summed E-state index contributed by atoms with van der Waals surface area (Å²) in [6.07, 6.45) is -8.54. The van der Waals surface area contributed by atoms with Crippen molar-refractivity contribution in [3.63, 3.8) is 0 Å². The Morgan fingerprint density at radius 1 is 1.12 bits per heavy atom. The Morgan fingerprint density at radius 2 is 1.78 bits per heavy atom. The number of anilines is 1. The number of carbonyl (C=O) groups is 1. The minimum atomic E-state index is -4.85. The van der Waals surface area contributed by atoms with E-state index in [-0.39, 0.29) is 16.6 Å². The summed E-state index contributed by atoms with van der Waals surface area (Å²) >= 11 is 0. The standard InChI is InChI=1S/C20H14F6N4O2/c1-18(32,10-30-16-4-2-3-14(19(21,22)23)13(16)9-28-30)17(31)29-12-6-5-11(8-27)15(7-12)20(24,25)26/h2-7,9,32H,10H2,1H3,(H,29,31)/t18-/m0/s1. The second-order valence-electron chi connectivity index (χ2n) is 7.14. The molecule has 1 amide bonds. The Morgan fingerprint density at radius 3 is 2.38 bits per heavy atom. The van der Waals surface area contributed by atoms with Gasteiger partial charge in [-0.2, -0.15) is 36.7 Å². The molecule has 2 N–H and O–H groups in total. The number of nitriles is 1. The summed E-state index contributed by atoms with van der Waals surface area (Å²) in [4.78, 5) is 12.5. The molecule has 0 saturated heterocycles. The zero-order valence-electron chi connectivity index (χ0n) is 16.2. The average Bonchev–Trinajstić information content (AvgIpc) is 3.08. The largest absolute Gasteiger partial charge is 0.417 e. The van der Waals surface area contributed by atoms with Crippen molar-refractivity contribution in [3.8, 4) is 6.07 Å². The summed E-state index contributed by atoms with van der Waals surface area (Å²) in [7, 11) is 0. The summed E-state index contributed by atoms with van der Waals surface area (Å²) in [6.45, 7) is 0.462. The SMILES string of the molecule is C[C@](O)(Cn1ncc2c(C(F)(F)F)cccc21)C(=O)Nc1ccc(C#N)c(C(F)(F)F)c1. The number of carbonyl (C=O) groups excluding carboxylic acids is 1. The number of benzene rings is 2. The maximum atomic E-state index is 13.2. The van der Waals surface area contributed by atoms with Crippen LogP contribution in [0.3, 0.4) is 0 Å². The van der Waals surface area contributed by atoms with Crippen LogP contribution in [0, 0.1) is 11.3 Å². The number of hydrogen-bond acceptors (Lipinski definition) is 4. The summed E-state index contributed by atoms with van der Waals surface area (Å²) < 4.78 is 79.8. The molecule has 1 atom stereocenters. The highest BCUT2D eigenvalue weighted by atomic mass is 19.4. The second kappa shape index (κ2) is 7.83. The van der Waals surface area contributed by atoms with Crippen molar-refractivity contribution in [2.75, 3.05) is 5.32 Å². The molecule has 1 heterocycles. The van der Waals surface area contributed by atoms with Crippen LogP contribution >= 0.6 is 0 Å². The fourth-order valence-electron chi connectivity index (χ4n) is 3.06. The van der Waals surface area contributed by atoms with Crippen molar-refractivity contribution in [2.24, 2.45) is 0 Å². The van der Waals surface area contributed by atoms with E-state index in [0.29, 0.717) is 6.07 Å². The van der Waals surface area contributed by atoms with Gasteiger partial charge in [0.25, 0.3) is 5.91 Å². The number of hydrogen-bond donors (Lipinski definition) is 2. The van der Waals surface area contributed by atoms with Gasteiger partial charge in [0.1, 0.15) is 0 Å². The molecule has 3 rings (SSSR count). The first kappa shape index (κ1) is 23.1. The molecule has 0 fully saturated rings. The minimum absolute atomic E-state index is 0.00521. The lowest BCUT2D eigenvalue weighted by atomic mass is 10.0. The normalized spacial score (nSPS) is 14.1. The highest BCUT2D eigenvalue weighted by molar-refractivity contribution is 5.97. The molecule has 6 nitrogen and oxygen atoms in total. The first-order valence-corrected chi connectivity index (χ1v) is 8.91.